The topological polar surface area (TPSA) is 61.6 Å². The van der Waals surface area contributed by atoms with E-state index in [0.717, 1.165) is 31.7 Å². The van der Waals surface area contributed by atoms with E-state index in [4.69, 9.17) is 0 Å². The zero-order valence-electron chi connectivity index (χ0n) is 13.0. The first-order valence-corrected chi connectivity index (χ1v) is 7.31. The van der Waals surface area contributed by atoms with Gasteiger partial charge < -0.3 is 10.2 Å². The Balaban J connectivity index is 1.88. The van der Waals surface area contributed by atoms with E-state index >= 15 is 0 Å². The van der Waals surface area contributed by atoms with E-state index in [2.05, 4.69) is 29.2 Å². The van der Waals surface area contributed by atoms with E-state index in [1.807, 2.05) is 12.1 Å². The van der Waals surface area contributed by atoms with Gasteiger partial charge in [-0.2, -0.15) is 0 Å². The lowest BCUT2D eigenvalue weighted by molar-refractivity contribution is -0.385. The Bertz CT molecular complexity index is 506. The van der Waals surface area contributed by atoms with E-state index in [1.54, 1.807) is 13.0 Å². The van der Waals surface area contributed by atoms with Crippen molar-refractivity contribution in [2.45, 2.75) is 19.5 Å². The Morgan fingerprint density at radius 3 is 2.86 bits per heavy atom. The van der Waals surface area contributed by atoms with Crippen LogP contribution < -0.4 is 5.32 Å². The summed E-state index contributed by atoms with van der Waals surface area (Å²) < 4.78 is 0. The van der Waals surface area contributed by atoms with Gasteiger partial charge in [-0.25, -0.2) is 0 Å². The van der Waals surface area contributed by atoms with Crippen LogP contribution >= 0.6 is 0 Å². The number of hydrogen-bond acceptors (Lipinski definition) is 5. The van der Waals surface area contributed by atoms with Gasteiger partial charge in [-0.1, -0.05) is 12.1 Å². The number of rotatable bonds is 5. The molecule has 1 unspecified atom stereocenters. The van der Waals surface area contributed by atoms with E-state index in [1.165, 1.54) is 0 Å². The molecule has 1 aliphatic rings. The number of aryl methyl sites for hydroxylation is 1. The van der Waals surface area contributed by atoms with E-state index < -0.39 is 0 Å². The number of benzene rings is 1. The minimum absolute atomic E-state index is 0.198. The highest BCUT2D eigenvalue weighted by molar-refractivity contribution is 5.42. The molecule has 1 aromatic rings. The molecule has 6 nitrogen and oxygen atoms in total. The number of nitrogens with one attached hydrogen (secondary N) is 1. The highest BCUT2D eigenvalue weighted by Crippen LogP contribution is 2.19. The van der Waals surface area contributed by atoms with Gasteiger partial charge in [0.25, 0.3) is 5.69 Å². The molecule has 1 aromatic carbocycles. The number of nitrogens with zero attached hydrogens (tertiary/aromatic N) is 3. The second-order valence-corrected chi connectivity index (χ2v) is 5.91. The Hall–Kier alpha value is -1.50. The summed E-state index contributed by atoms with van der Waals surface area (Å²) in [7, 11) is 4.29. The van der Waals surface area contributed by atoms with Crippen LogP contribution in [0.2, 0.25) is 0 Å². The third kappa shape index (κ3) is 4.23. The minimum atomic E-state index is -0.317. The van der Waals surface area contributed by atoms with Gasteiger partial charge in [-0.15, -0.1) is 0 Å². The zero-order valence-corrected chi connectivity index (χ0v) is 13.0. The number of nitro groups is 1. The van der Waals surface area contributed by atoms with E-state index in [0.29, 0.717) is 18.2 Å². The molecule has 0 bridgehead atoms. The third-order valence-electron chi connectivity index (χ3n) is 4.16. The Morgan fingerprint density at radius 1 is 1.38 bits per heavy atom. The Morgan fingerprint density at radius 2 is 2.14 bits per heavy atom. The molecule has 0 spiro atoms. The molecule has 0 aromatic heterocycles. The molecule has 1 aliphatic heterocycles. The maximum Gasteiger partial charge on any atom is 0.272 e. The van der Waals surface area contributed by atoms with Crippen molar-refractivity contribution in [2.75, 3.05) is 40.3 Å². The predicted octanol–water partition coefficient (Wildman–Crippen LogP) is 1.24. The van der Waals surface area contributed by atoms with Crippen molar-refractivity contribution >= 4 is 5.69 Å². The van der Waals surface area contributed by atoms with Crippen LogP contribution in [-0.4, -0.2) is 61.0 Å². The fraction of sp³-hybridized carbons (Fsp3) is 0.600. The molecule has 1 N–H and O–H groups in total. The average molecular weight is 292 g/mol. The van der Waals surface area contributed by atoms with Crippen molar-refractivity contribution in [1.29, 1.82) is 0 Å². The fourth-order valence-corrected chi connectivity index (χ4v) is 2.67. The molecule has 0 saturated carbocycles. The van der Waals surface area contributed by atoms with Gasteiger partial charge in [0.2, 0.25) is 0 Å². The van der Waals surface area contributed by atoms with Crippen LogP contribution in [0, 0.1) is 17.0 Å². The highest BCUT2D eigenvalue weighted by atomic mass is 16.6. The van der Waals surface area contributed by atoms with Gasteiger partial charge in [0.1, 0.15) is 0 Å². The predicted molar refractivity (Wildman–Crippen MR) is 83.5 cm³/mol. The largest absolute Gasteiger partial charge is 0.311 e. The van der Waals surface area contributed by atoms with Gasteiger partial charge in [0.05, 0.1) is 4.92 Å². The molecule has 1 atom stereocenters. The van der Waals surface area contributed by atoms with Crippen LogP contribution in [0.4, 0.5) is 5.69 Å². The van der Waals surface area contributed by atoms with E-state index in [-0.39, 0.29) is 10.6 Å². The summed E-state index contributed by atoms with van der Waals surface area (Å²) in [4.78, 5) is 15.3. The molecule has 21 heavy (non-hydrogen) atoms. The Labute approximate surface area is 125 Å². The monoisotopic (exact) mass is 292 g/mol. The summed E-state index contributed by atoms with van der Waals surface area (Å²) in [6.07, 6.45) is 0. The maximum atomic E-state index is 10.9. The molecule has 6 heteroatoms. The summed E-state index contributed by atoms with van der Waals surface area (Å²) in [5, 5.41) is 14.4. The molecule has 0 aliphatic carbocycles. The smallest absolute Gasteiger partial charge is 0.272 e. The Kier molecular flexibility index (Phi) is 5.27. The van der Waals surface area contributed by atoms with Gasteiger partial charge in [-0.05, 0) is 26.6 Å². The summed E-state index contributed by atoms with van der Waals surface area (Å²) in [6, 6.07) is 5.92. The molecule has 2 rings (SSSR count). The van der Waals surface area contributed by atoms with Crippen molar-refractivity contribution in [3.8, 4) is 0 Å². The first-order valence-electron chi connectivity index (χ1n) is 7.31. The van der Waals surface area contributed by atoms with E-state index in [9.17, 15) is 10.1 Å². The first kappa shape index (κ1) is 15.9. The lowest BCUT2D eigenvalue weighted by Crippen LogP contribution is -2.53. The van der Waals surface area contributed by atoms with Crippen molar-refractivity contribution in [3.05, 3.63) is 39.4 Å². The lowest BCUT2D eigenvalue weighted by Gasteiger charge is -2.37. The van der Waals surface area contributed by atoms with Crippen LogP contribution in [0.1, 0.15) is 11.1 Å². The summed E-state index contributed by atoms with van der Waals surface area (Å²) >= 11 is 0. The third-order valence-corrected chi connectivity index (χ3v) is 4.16. The van der Waals surface area contributed by atoms with Crippen LogP contribution in [0.15, 0.2) is 18.2 Å². The van der Waals surface area contributed by atoms with Crippen LogP contribution in [0.3, 0.4) is 0 Å². The van der Waals surface area contributed by atoms with Crippen LogP contribution in [0.5, 0.6) is 0 Å². The maximum absolute atomic E-state index is 10.9. The summed E-state index contributed by atoms with van der Waals surface area (Å²) in [5.41, 5.74) is 1.86. The minimum Gasteiger partial charge on any atom is -0.311 e. The van der Waals surface area contributed by atoms with Crippen LogP contribution in [-0.2, 0) is 6.54 Å². The second-order valence-electron chi connectivity index (χ2n) is 5.91. The highest BCUT2D eigenvalue weighted by Gasteiger charge is 2.21. The van der Waals surface area contributed by atoms with Crippen molar-refractivity contribution in [1.82, 2.24) is 15.1 Å². The number of hydrogen-bond donors (Lipinski definition) is 1. The van der Waals surface area contributed by atoms with Gasteiger partial charge in [0.15, 0.2) is 0 Å². The van der Waals surface area contributed by atoms with Gasteiger partial charge in [-0.3, -0.25) is 15.0 Å². The zero-order chi connectivity index (χ0) is 15.4. The van der Waals surface area contributed by atoms with Crippen molar-refractivity contribution in [3.63, 3.8) is 0 Å². The summed E-state index contributed by atoms with van der Waals surface area (Å²) in [6.45, 7) is 6.56. The number of piperazine rings is 1. The molecular weight excluding hydrogens is 268 g/mol. The normalized spacial score (nSPS) is 20.6. The van der Waals surface area contributed by atoms with Crippen molar-refractivity contribution in [2.24, 2.45) is 0 Å². The lowest BCUT2D eigenvalue weighted by atomic mass is 10.1. The van der Waals surface area contributed by atoms with Gasteiger partial charge >= 0.3 is 0 Å². The fourth-order valence-electron chi connectivity index (χ4n) is 2.67. The SMILES string of the molecule is Cc1ccc(CNCC2CN(C)CCN2C)cc1[N+](=O)[O-]. The summed E-state index contributed by atoms with van der Waals surface area (Å²) in [5.74, 6) is 0. The van der Waals surface area contributed by atoms with Crippen LogP contribution in [0.25, 0.3) is 0 Å². The molecule has 0 radical (unpaired) electrons. The quantitative estimate of drug-likeness (QED) is 0.653. The molecular formula is C15H24N4O2. The molecule has 1 fully saturated rings. The molecule has 116 valence electrons. The molecule has 1 heterocycles. The number of likely N-dealkylation sites (N-methyl/N-ethyl adjacent to an activating group) is 2. The standard InChI is InChI=1S/C15H24N4O2/c1-12-4-5-13(8-15(12)19(20)21)9-16-10-14-11-17(2)6-7-18(14)3/h4-5,8,14,16H,6-7,9-11H2,1-3H3. The van der Waals surface area contributed by atoms with Gasteiger partial charge in [0, 0.05) is 50.4 Å². The average Bonchev–Trinajstić information content (AvgIpc) is 2.44. The molecule has 1 saturated heterocycles. The second kappa shape index (κ2) is 6.98. The number of nitro benzene ring substituents is 1. The molecule has 0 amide bonds. The first-order chi connectivity index (χ1) is 9.97. The van der Waals surface area contributed by atoms with Crippen molar-refractivity contribution < 1.29 is 4.92 Å².